The summed E-state index contributed by atoms with van der Waals surface area (Å²) in [5.41, 5.74) is 2.54. The van der Waals surface area contributed by atoms with Gasteiger partial charge in [0.25, 0.3) is 0 Å². The van der Waals surface area contributed by atoms with E-state index >= 15 is 0 Å². The van der Waals surface area contributed by atoms with Crippen molar-refractivity contribution in [3.05, 3.63) is 84.7 Å². The van der Waals surface area contributed by atoms with Gasteiger partial charge in [0.2, 0.25) is 0 Å². The number of hydrogen-bond acceptors (Lipinski definition) is 5. The summed E-state index contributed by atoms with van der Waals surface area (Å²) >= 11 is 0. The molecule has 0 saturated carbocycles. The van der Waals surface area contributed by atoms with Crippen LogP contribution in [0.25, 0.3) is 11.4 Å². The second kappa shape index (κ2) is 18.0. The van der Waals surface area contributed by atoms with Crippen LogP contribution < -0.4 is 9.47 Å². The number of benzene rings is 2. The van der Waals surface area contributed by atoms with Crippen molar-refractivity contribution in [2.24, 2.45) is 5.92 Å². The van der Waals surface area contributed by atoms with Gasteiger partial charge < -0.3 is 9.47 Å². The maximum absolute atomic E-state index is 12.6. The molecule has 0 saturated heterocycles. The Kier molecular flexibility index (Phi) is 14.0. The number of aryl methyl sites for hydroxylation is 1. The third-order valence-electron chi connectivity index (χ3n) is 7.30. The van der Waals surface area contributed by atoms with Gasteiger partial charge in [-0.1, -0.05) is 64.9 Å². The smallest absolute Gasteiger partial charge is 0.343 e. The molecule has 0 amide bonds. The molecule has 0 aliphatic carbocycles. The van der Waals surface area contributed by atoms with Crippen LogP contribution in [0.1, 0.15) is 100 Å². The zero-order valence-corrected chi connectivity index (χ0v) is 24.4. The van der Waals surface area contributed by atoms with Crippen LogP contribution >= 0.6 is 0 Å². The van der Waals surface area contributed by atoms with Crippen LogP contribution in [0, 0.1) is 5.92 Å². The van der Waals surface area contributed by atoms with E-state index in [1.54, 1.807) is 24.3 Å². The van der Waals surface area contributed by atoms with Crippen molar-refractivity contribution in [3.63, 3.8) is 0 Å². The molecule has 1 atom stereocenters. The van der Waals surface area contributed by atoms with Gasteiger partial charge in [-0.05, 0) is 92.1 Å². The van der Waals surface area contributed by atoms with Crippen molar-refractivity contribution < 1.29 is 14.3 Å². The number of unbranched alkanes of at least 4 members (excludes halogenated alkanes) is 7. The topological polar surface area (TPSA) is 61.3 Å². The molecule has 0 radical (unpaired) electrons. The number of allylic oxidation sites excluding steroid dienone is 1. The summed E-state index contributed by atoms with van der Waals surface area (Å²) in [5.74, 6) is 2.34. The molecule has 5 nitrogen and oxygen atoms in total. The molecule has 1 aromatic heterocycles. The number of rotatable bonds is 19. The first-order valence-electron chi connectivity index (χ1n) is 15.1. The first kappa shape index (κ1) is 31.1. The lowest BCUT2D eigenvalue weighted by molar-refractivity contribution is 0.0734. The van der Waals surface area contributed by atoms with Gasteiger partial charge in [0.1, 0.15) is 11.5 Å². The van der Waals surface area contributed by atoms with Gasteiger partial charge in [-0.15, -0.1) is 6.58 Å². The van der Waals surface area contributed by atoms with Crippen LogP contribution in [-0.2, 0) is 6.42 Å². The standard InChI is InChI=1S/C35H46N2O3/c1-4-6-7-8-9-10-14-25-39-32-21-19-31(20-22-32)35(38)40-33-23-17-30(18-24-33)34-36-26-29(27-37-34)16-13-11-12-15-28(3)5-2/h4,17-24,26-28H,1,5-16,25H2,2-3H3. The monoisotopic (exact) mass is 542 g/mol. The normalized spacial score (nSPS) is 11.7. The second-order valence-electron chi connectivity index (χ2n) is 10.7. The molecule has 214 valence electrons. The second-order valence-corrected chi connectivity index (χ2v) is 10.7. The molecular weight excluding hydrogens is 496 g/mol. The number of carbonyl (C=O) groups excluding carboxylic acids is 1. The average Bonchev–Trinajstić information content (AvgIpc) is 2.99. The van der Waals surface area contributed by atoms with Gasteiger partial charge in [-0.2, -0.15) is 0 Å². The average molecular weight is 543 g/mol. The largest absolute Gasteiger partial charge is 0.494 e. The molecule has 1 heterocycles. The van der Waals surface area contributed by atoms with Crippen molar-refractivity contribution in [1.82, 2.24) is 9.97 Å². The maximum Gasteiger partial charge on any atom is 0.343 e. The summed E-state index contributed by atoms with van der Waals surface area (Å²) < 4.78 is 11.4. The van der Waals surface area contributed by atoms with Gasteiger partial charge in [0, 0.05) is 18.0 Å². The van der Waals surface area contributed by atoms with E-state index in [1.807, 2.05) is 42.7 Å². The highest BCUT2D eigenvalue weighted by Gasteiger charge is 2.10. The van der Waals surface area contributed by atoms with E-state index in [0.29, 0.717) is 23.7 Å². The van der Waals surface area contributed by atoms with E-state index in [2.05, 4.69) is 30.4 Å². The lowest BCUT2D eigenvalue weighted by Crippen LogP contribution is -2.08. The first-order chi connectivity index (χ1) is 19.6. The molecule has 2 aromatic carbocycles. The summed E-state index contributed by atoms with van der Waals surface area (Å²) in [4.78, 5) is 21.7. The minimum Gasteiger partial charge on any atom is -0.494 e. The number of hydrogen-bond donors (Lipinski definition) is 0. The van der Waals surface area contributed by atoms with Crippen molar-refractivity contribution in [3.8, 4) is 22.9 Å². The molecule has 5 heteroatoms. The number of nitrogens with zero attached hydrogens (tertiary/aromatic N) is 2. The lowest BCUT2D eigenvalue weighted by atomic mass is 10.00. The van der Waals surface area contributed by atoms with Gasteiger partial charge in [-0.25, -0.2) is 14.8 Å². The molecule has 0 spiro atoms. The Hall–Kier alpha value is -3.47. The third-order valence-corrected chi connectivity index (χ3v) is 7.30. The van der Waals surface area contributed by atoms with E-state index in [0.717, 1.165) is 42.9 Å². The first-order valence-corrected chi connectivity index (χ1v) is 15.1. The van der Waals surface area contributed by atoms with E-state index in [-0.39, 0.29) is 0 Å². The quantitative estimate of drug-likeness (QED) is 0.0653. The summed E-state index contributed by atoms with van der Waals surface area (Å²) in [5, 5.41) is 0. The Morgan fingerprint density at radius 2 is 1.50 bits per heavy atom. The fraction of sp³-hybridized carbons (Fsp3) is 0.457. The van der Waals surface area contributed by atoms with Crippen molar-refractivity contribution in [1.29, 1.82) is 0 Å². The Morgan fingerprint density at radius 1 is 0.850 bits per heavy atom. The number of carbonyl (C=O) groups is 1. The van der Waals surface area contributed by atoms with Crippen LogP contribution in [-0.4, -0.2) is 22.5 Å². The summed E-state index contributed by atoms with van der Waals surface area (Å²) in [6, 6.07) is 14.4. The minimum absolute atomic E-state index is 0.399. The van der Waals surface area contributed by atoms with Crippen LogP contribution in [0.4, 0.5) is 0 Å². The maximum atomic E-state index is 12.6. The predicted molar refractivity (Wildman–Crippen MR) is 164 cm³/mol. The molecule has 0 aliphatic heterocycles. The highest BCUT2D eigenvalue weighted by atomic mass is 16.5. The summed E-state index contributed by atoms with van der Waals surface area (Å²) in [6.45, 7) is 9.03. The molecule has 1 unspecified atom stereocenters. The molecule has 0 aliphatic rings. The van der Waals surface area contributed by atoms with Crippen molar-refractivity contribution >= 4 is 5.97 Å². The molecular formula is C35H46N2O3. The zero-order valence-electron chi connectivity index (χ0n) is 24.4. The highest BCUT2D eigenvalue weighted by molar-refractivity contribution is 5.91. The Bertz CT molecular complexity index is 1120. The Morgan fingerprint density at radius 3 is 2.20 bits per heavy atom. The van der Waals surface area contributed by atoms with Crippen molar-refractivity contribution in [2.75, 3.05) is 6.61 Å². The highest BCUT2D eigenvalue weighted by Crippen LogP contribution is 2.21. The van der Waals surface area contributed by atoms with Crippen LogP contribution in [0.3, 0.4) is 0 Å². The SMILES string of the molecule is C=CCCCCCCCOc1ccc(C(=O)Oc2ccc(-c3ncc(CCCCCC(C)CC)cn3)cc2)cc1. The molecule has 0 N–H and O–H groups in total. The number of ether oxygens (including phenoxy) is 2. The number of esters is 1. The van der Waals surface area contributed by atoms with Crippen LogP contribution in [0.2, 0.25) is 0 Å². The van der Waals surface area contributed by atoms with Crippen LogP contribution in [0.15, 0.2) is 73.6 Å². The molecule has 3 aromatic rings. The summed E-state index contributed by atoms with van der Waals surface area (Å²) in [7, 11) is 0. The van der Waals surface area contributed by atoms with Crippen molar-refractivity contribution in [2.45, 2.75) is 90.9 Å². The third kappa shape index (κ3) is 11.3. The minimum atomic E-state index is -0.399. The van der Waals surface area contributed by atoms with E-state index < -0.39 is 5.97 Å². The molecule has 0 fully saturated rings. The van der Waals surface area contributed by atoms with E-state index in [9.17, 15) is 4.79 Å². The predicted octanol–water partition coefficient (Wildman–Crippen LogP) is 9.42. The van der Waals surface area contributed by atoms with Gasteiger partial charge in [-0.3, -0.25) is 0 Å². The Balaban J connectivity index is 1.39. The van der Waals surface area contributed by atoms with Crippen LogP contribution in [0.5, 0.6) is 11.5 Å². The fourth-order valence-corrected chi connectivity index (χ4v) is 4.47. The van der Waals surface area contributed by atoms with Gasteiger partial charge in [0.15, 0.2) is 5.82 Å². The number of aromatic nitrogens is 2. The van der Waals surface area contributed by atoms with Gasteiger partial charge in [0.05, 0.1) is 12.2 Å². The fourth-order valence-electron chi connectivity index (χ4n) is 4.47. The molecule has 3 rings (SSSR count). The molecule has 40 heavy (non-hydrogen) atoms. The van der Waals surface area contributed by atoms with E-state index in [1.165, 1.54) is 56.9 Å². The Labute approximate surface area is 241 Å². The summed E-state index contributed by atoms with van der Waals surface area (Å²) in [6.07, 6.45) is 20.1. The van der Waals surface area contributed by atoms with Gasteiger partial charge >= 0.3 is 5.97 Å². The lowest BCUT2D eigenvalue weighted by Gasteiger charge is -2.08. The molecule has 0 bridgehead atoms. The van der Waals surface area contributed by atoms with E-state index in [4.69, 9.17) is 9.47 Å². The zero-order chi connectivity index (χ0) is 28.4.